The minimum absolute atomic E-state index is 0.0361. The van der Waals surface area contributed by atoms with Crippen LogP contribution in [0.2, 0.25) is 10.2 Å². The van der Waals surface area contributed by atoms with Crippen LogP contribution in [0.5, 0.6) is 0 Å². The van der Waals surface area contributed by atoms with Crippen LogP contribution in [-0.4, -0.2) is 28.9 Å². The average molecular weight is 301 g/mol. The lowest BCUT2D eigenvalue weighted by atomic mass is 9.98. The maximum atomic E-state index is 12.5. The van der Waals surface area contributed by atoms with Crippen LogP contribution in [0.25, 0.3) is 0 Å². The van der Waals surface area contributed by atoms with Crippen LogP contribution in [0.4, 0.5) is 0 Å². The Balaban J connectivity index is 2.13. The molecular weight excluding hydrogens is 283 g/mol. The van der Waals surface area contributed by atoms with Crippen molar-refractivity contribution in [1.29, 1.82) is 0 Å². The molecule has 104 valence electrons. The second kappa shape index (κ2) is 6.58. The maximum Gasteiger partial charge on any atom is 0.255 e. The molecular formula is C14H18Cl2N2O. The van der Waals surface area contributed by atoms with Gasteiger partial charge in [0.15, 0.2) is 0 Å². The zero-order chi connectivity index (χ0) is 13.8. The van der Waals surface area contributed by atoms with Crippen molar-refractivity contribution in [2.45, 2.75) is 32.6 Å². The van der Waals surface area contributed by atoms with Crippen molar-refractivity contribution < 1.29 is 4.79 Å². The average Bonchev–Trinajstić information content (AvgIpc) is 2.66. The van der Waals surface area contributed by atoms with E-state index in [2.05, 4.69) is 11.9 Å². The second-order valence-corrected chi connectivity index (χ2v) is 5.78. The van der Waals surface area contributed by atoms with Gasteiger partial charge in [-0.15, -0.1) is 0 Å². The van der Waals surface area contributed by atoms with Crippen molar-refractivity contribution in [3.63, 3.8) is 0 Å². The van der Waals surface area contributed by atoms with E-state index in [4.69, 9.17) is 23.2 Å². The molecule has 1 unspecified atom stereocenters. The maximum absolute atomic E-state index is 12.5. The summed E-state index contributed by atoms with van der Waals surface area (Å²) in [7, 11) is 0. The predicted molar refractivity (Wildman–Crippen MR) is 77.8 cm³/mol. The number of carbonyl (C=O) groups excluding carboxylic acids is 1. The molecule has 3 nitrogen and oxygen atoms in total. The summed E-state index contributed by atoms with van der Waals surface area (Å²) in [5.41, 5.74) is 0.455. The fourth-order valence-corrected chi connectivity index (χ4v) is 2.87. The molecule has 1 atom stereocenters. The fourth-order valence-electron chi connectivity index (χ4n) is 2.52. The summed E-state index contributed by atoms with van der Waals surface area (Å²) in [6.45, 7) is 3.81. The highest BCUT2D eigenvalue weighted by atomic mass is 35.5. The second-order valence-electron chi connectivity index (χ2n) is 4.98. The van der Waals surface area contributed by atoms with Crippen LogP contribution >= 0.6 is 23.2 Å². The molecule has 1 aliphatic rings. The molecule has 19 heavy (non-hydrogen) atoms. The first kappa shape index (κ1) is 14.6. The first-order valence-corrected chi connectivity index (χ1v) is 7.47. The number of halogens is 2. The van der Waals surface area contributed by atoms with E-state index in [1.54, 1.807) is 6.07 Å². The van der Waals surface area contributed by atoms with Crippen molar-refractivity contribution in [2.24, 2.45) is 5.92 Å². The molecule has 0 bridgehead atoms. The van der Waals surface area contributed by atoms with Gasteiger partial charge in [-0.2, -0.15) is 0 Å². The summed E-state index contributed by atoms with van der Waals surface area (Å²) in [6, 6.07) is 1.55. The zero-order valence-corrected chi connectivity index (χ0v) is 12.5. The number of hydrogen-bond donors (Lipinski definition) is 0. The Morgan fingerprint density at radius 1 is 1.42 bits per heavy atom. The third-order valence-corrected chi connectivity index (χ3v) is 4.27. The van der Waals surface area contributed by atoms with Crippen LogP contribution < -0.4 is 0 Å². The van der Waals surface area contributed by atoms with Crippen molar-refractivity contribution >= 4 is 29.1 Å². The van der Waals surface area contributed by atoms with E-state index in [9.17, 15) is 4.79 Å². The Labute approximate surface area is 123 Å². The lowest BCUT2D eigenvalue weighted by Crippen LogP contribution is -2.32. The van der Waals surface area contributed by atoms with Crippen molar-refractivity contribution in [2.75, 3.05) is 13.1 Å². The molecule has 1 aliphatic heterocycles. The summed E-state index contributed by atoms with van der Waals surface area (Å²) in [4.78, 5) is 18.2. The molecule has 2 rings (SSSR count). The van der Waals surface area contributed by atoms with Gasteiger partial charge in [0, 0.05) is 19.3 Å². The van der Waals surface area contributed by atoms with Crippen LogP contribution in [0.1, 0.15) is 43.0 Å². The Kier molecular flexibility index (Phi) is 5.06. The van der Waals surface area contributed by atoms with Gasteiger partial charge in [-0.3, -0.25) is 4.79 Å². The SMILES string of the molecule is CCC1CCCN(C(=O)c2cc(Cl)ncc2Cl)CC1. The van der Waals surface area contributed by atoms with Gasteiger partial charge < -0.3 is 4.90 Å². The van der Waals surface area contributed by atoms with Gasteiger partial charge in [0.2, 0.25) is 0 Å². The summed E-state index contributed by atoms with van der Waals surface area (Å²) >= 11 is 11.9. The van der Waals surface area contributed by atoms with E-state index in [1.165, 1.54) is 19.0 Å². The van der Waals surface area contributed by atoms with E-state index in [0.29, 0.717) is 15.7 Å². The quantitative estimate of drug-likeness (QED) is 0.772. The molecule has 0 saturated carbocycles. The number of amides is 1. The summed E-state index contributed by atoms with van der Waals surface area (Å²) in [5.74, 6) is 0.695. The smallest absolute Gasteiger partial charge is 0.255 e. The van der Waals surface area contributed by atoms with Gasteiger partial charge in [-0.1, -0.05) is 36.5 Å². The van der Waals surface area contributed by atoms with Crippen molar-refractivity contribution in [3.05, 3.63) is 28.0 Å². The molecule has 1 amide bonds. The molecule has 5 heteroatoms. The first-order chi connectivity index (χ1) is 9.11. The van der Waals surface area contributed by atoms with Gasteiger partial charge in [-0.25, -0.2) is 4.98 Å². The summed E-state index contributed by atoms with van der Waals surface area (Å²) < 4.78 is 0. The standard InChI is InChI=1S/C14H18Cl2N2O/c1-2-10-4-3-6-18(7-5-10)14(19)11-8-13(16)17-9-12(11)15/h8-10H,2-7H2,1H3. The van der Waals surface area contributed by atoms with E-state index in [1.807, 2.05) is 4.90 Å². The lowest BCUT2D eigenvalue weighted by Gasteiger charge is -2.21. The minimum Gasteiger partial charge on any atom is -0.339 e. The fraction of sp³-hybridized carbons (Fsp3) is 0.571. The predicted octanol–water partition coefficient (Wildman–Crippen LogP) is 4.04. The number of aromatic nitrogens is 1. The third kappa shape index (κ3) is 3.61. The molecule has 1 aromatic rings. The van der Waals surface area contributed by atoms with Gasteiger partial charge >= 0.3 is 0 Å². The summed E-state index contributed by atoms with van der Waals surface area (Å²) in [5, 5.41) is 0.666. The lowest BCUT2D eigenvalue weighted by molar-refractivity contribution is 0.0760. The normalized spacial score (nSPS) is 20.2. The number of hydrogen-bond acceptors (Lipinski definition) is 2. The van der Waals surface area contributed by atoms with Gasteiger partial charge in [0.1, 0.15) is 5.15 Å². The van der Waals surface area contributed by atoms with Gasteiger partial charge in [0.05, 0.1) is 10.6 Å². The Hall–Kier alpha value is -0.800. The Bertz CT molecular complexity index is 465. The van der Waals surface area contributed by atoms with Gasteiger partial charge in [0.25, 0.3) is 5.91 Å². The monoisotopic (exact) mass is 300 g/mol. The van der Waals surface area contributed by atoms with E-state index >= 15 is 0 Å². The molecule has 0 spiro atoms. The van der Waals surface area contributed by atoms with E-state index in [0.717, 1.165) is 31.8 Å². The number of carbonyl (C=O) groups is 1. The molecule has 1 saturated heterocycles. The van der Waals surface area contributed by atoms with Crippen LogP contribution in [-0.2, 0) is 0 Å². The van der Waals surface area contributed by atoms with Crippen LogP contribution in [0.3, 0.4) is 0 Å². The Morgan fingerprint density at radius 2 is 2.21 bits per heavy atom. The van der Waals surface area contributed by atoms with Crippen molar-refractivity contribution in [3.8, 4) is 0 Å². The highest BCUT2D eigenvalue weighted by molar-refractivity contribution is 6.35. The molecule has 1 aromatic heterocycles. The molecule has 2 heterocycles. The number of pyridine rings is 1. The highest BCUT2D eigenvalue weighted by Gasteiger charge is 2.22. The highest BCUT2D eigenvalue weighted by Crippen LogP contribution is 2.24. The third-order valence-electron chi connectivity index (χ3n) is 3.76. The Morgan fingerprint density at radius 3 is 2.95 bits per heavy atom. The minimum atomic E-state index is -0.0361. The van der Waals surface area contributed by atoms with E-state index in [-0.39, 0.29) is 5.91 Å². The van der Waals surface area contributed by atoms with Crippen molar-refractivity contribution in [1.82, 2.24) is 9.88 Å². The molecule has 0 N–H and O–H groups in total. The van der Waals surface area contributed by atoms with Gasteiger partial charge in [-0.05, 0) is 31.2 Å². The number of nitrogens with zero attached hydrogens (tertiary/aromatic N) is 2. The number of likely N-dealkylation sites (tertiary alicyclic amines) is 1. The molecule has 0 radical (unpaired) electrons. The summed E-state index contributed by atoms with van der Waals surface area (Å²) in [6.07, 6.45) is 5.94. The molecule has 1 fully saturated rings. The largest absolute Gasteiger partial charge is 0.339 e. The van der Waals surface area contributed by atoms with E-state index < -0.39 is 0 Å². The molecule has 0 aliphatic carbocycles. The first-order valence-electron chi connectivity index (χ1n) is 6.72. The number of rotatable bonds is 2. The van der Waals surface area contributed by atoms with Crippen LogP contribution in [0.15, 0.2) is 12.3 Å². The topological polar surface area (TPSA) is 33.2 Å². The molecule has 0 aromatic carbocycles. The van der Waals surface area contributed by atoms with Crippen LogP contribution in [0, 0.1) is 5.92 Å². The zero-order valence-electron chi connectivity index (χ0n) is 11.0.